The molecule has 53 heavy (non-hydrogen) atoms. The van der Waals surface area contributed by atoms with Gasteiger partial charge in [0.2, 0.25) is 0 Å². The van der Waals surface area contributed by atoms with Crippen molar-refractivity contribution in [1.29, 1.82) is 0 Å². The first-order chi connectivity index (χ1) is 25.6. The van der Waals surface area contributed by atoms with Gasteiger partial charge in [0.15, 0.2) is 0 Å². The Labute approximate surface area is 314 Å². The number of nitrogens with zero attached hydrogens (tertiary/aromatic N) is 1. The third-order valence-electron chi connectivity index (χ3n) is 14.2. The quantitative estimate of drug-likeness (QED) is 0.179. The fraction of sp³-hybridized carbons (Fsp3) is 0.192. The highest BCUT2D eigenvalue weighted by Crippen LogP contribution is 2.68. The van der Waals surface area contributed by atoms with Gasteiger partial charge in [-0.2, -0.15) is 0 Å². The molecular weight excluding hydrogens is 639 g/mol. The summed E-state index contributed by atoms with van der Waals surface area (Å²) in [6, 6.07) is 61.6. The Hall–Kier alpha value is -5.66. The fourth-order valence-electron chi connectivity index (χ4n) is 10.2. The second-order valence-electron chi connectivity index (χ2n) is 17.0. The maximum Gasteiger partial charge on any atom is 0.0754 e. The molecule has 0 N–H and O–H groups in total. The van der Waals surface area contributed by atoms with E-state index >= 15 is 0 Å². The Morgan fingerprint density at radius 1 is 0.340 bits per heavy atom. The molecule has 0 amide bonds. The Morgan fingerprint density at radius 3 is 1.38 bits per heavy atom. The summed E-state index contributed by atoms with van der Waals surface area (Å²) < 4.78 is 0. The number of benzene rings is 7. The zero-order valence-corrected chi connectivity index (χ0v) is 31.5. The molecule has 0 saturated heterocycles. The summed E-state index contributed by atoms with van der Waals surface area (Å²) in [6.45, 7) is 14.8. The minimum absolute atomic E-state index is 0.0282. The van der Waals surface area contributed by atoms with E-state index in [2.05, 4.69) is 210 Å². The highest BCUT2D eigenvalue weighted by molar-refractivity contribution is 5.97. The second-order valence-corrected chi connectivity index (χ2v) is 17.0. The predicted molar refractivity (Wildman–Crippen MR) is 223 cm³/mol. The number of rotatable bonds is 3. The Balaban J connectivity index is 1.35. The molecule has 258 valence electrons. The van der Waals surface area contributed by atoms with Crippen molar-refractivity contribution in [2.45, 2.75) is 57.8 Å². The van der Waals surface area contributed by atoms with Gasteiger partial charge in [0.25, 0.3) is 0 Å². The van der Waals surface area contributed by atoms with Crippen LogP contribution in [0, 0.1) is 5.41 Å². The Kier molecular flexibility index (Phi) is 6.61. The topological polar surface area (TPSA) is 3.24 Å². The zero-order chi connectivity index (χ0) is 36.3. The molecule has 0 fully saturated rings. The number of hydrogen-bond acceptors (Lipinski definition) is 1. The van der Waals surface area contributed by atoms with Crippen molar-refractivity contribution in [2.75, 3.05) is 4.90 Å². The van der Waals surface area contributed by atoms with Gasteiger partial charge in [-0.25, -0.2) is 0 Å². The van der Waals surface area contributed by atoms with E-state index in [0.29, 0.717) is 0 Å². The summed E-state index contributed by atoms with van der Waals surface area (Å²) in [7, 11) is 0. The first-order valence-electron chi connectivity index (χ1n) is 19.1. The molecule has 0 saturated carbocycles. The molecule has 0 bridgehead atoms. The van der Waals surface area contributed by atoms with E-state index < -0.39 is 5.41 Å². The highest BCUT2D eigenvalue weighted by atomic mass is 15.2. The molecule has 0 radical (unpaired) electrons. The Bertz CT molecular complexity index is 2520. The smallest absolute Gasteiger partial charge is 0.0754 e. The SMILES string of the molecule is CC1(C)c2cc3c(cc2C(C)(C)C1(C)C)C1(c2ccccc2-c2ccccc21)c1cc(-c2ccccc2)ccc1N3c1ccc(-c2ccccc2)cc1. The van der Waals surface area contributed by atoms with E-state index in [1.165, 1.54) is 83.8 Å². The number of fused-ring (bicyclic) bond motifs is 10. The van der Waals surface area contributed by atoms with Crippen LogP contribution in [0.3, 0.4) is 0 Å². The average Bonchev–Trinajstić information content (AvgIpc) is 3.53. The summed E-state index contributed by atoms with van der Waals surface area (Å²) in [6.07, 6.45) is 0. The van der Waals surface area contributed by atoms with Crippen LogP contribution >= 0.6 is 0 Å². The molecular formula is C52H45N. The van der Waals surface area contributed by atoms with Crippen LogP contribution in [0.5, 0.6) is 0 Å². The van der Waals surface area contributed by atoms with Crippen molar-refractivity contribution in [1.82, 2.24) is 0 Å². The van der Waals surface area contributed by atoms with E-state index in [-0.39, 0.29) is 16.2 Å². The molecule has 7 aromatic rings. The lowest BCUT2D eigenvalue weighted by Crippen LogP contribution is -2.42. The van der Waals surface area contributed by atoms with E-state index in [4.69, 9.17) is 0 Å². The third-order valence-corrected chi connectivity index (χ3v) is 14.2. The predicted octanol–water partition coefficient (Wildman–Crippen LogP) is 13.8. The summed E-state index contributed by atoms with van der Waals surface area (Å²) in [5, 5.41) is 0. The van der Waals surface area contributed by atoms with Crippen molar-refractivity contribution in [3.63, 3.8) is 0 Å². The van der Waals surface area contributed by atoms with Crippen LogP contribution in [-0.4, -0.2) is 0 Å². The molecule has 1 heterocycles. The van der Waals surface area contributed by atoms with Crippen LogP contribution in [-0.2, 0) is 16.2 Å². The maximum atomic E-state index is 2.64. The van der Waals surface area contributed by atoms with Crippen molar-refractivity contribution in [3.05, 3.63) is 197 Å². The molecule has 10 rings (SSSR count). The van der Waals surface area contributed by atoms with Gasteiger partial charge in [-0.1, -0.05) is 175 Å². The van der Waals surface area contributed by atoms with Crippen LogP contribution in [0.2, 0.25) is 0 Å². The lowest BCUT2D eigenvalue weighted by Gasteiger charge is -2.46. The maximum absolute atomic E-state index is 2.64. The van der Waals surface area contributed by atoms with Crippen molar-refractivity contribution in [2.24, 2.45) is 5.41 Å². The average molecular weight is 684 g/mol. The molecule has 0 atom stereocenters. The van der Waals surface area contributed by atoms with E-state index in [9.17, 15) is 0 Å². The summed E-state index contributed by atoms with van der Waals surface area (Å²) in [4.78, 5) is 2.57. The molecule has 0 unspecified atom stereocenters. The van der Waals surface area contributed by atoms with Gasteiger partial charge in [0, 0.05) is 5.69 Å². The molecule has 2 aliphatic carbocycles. The molecule has 3 aliphatic rings. The van der Waals surface area contributed by atoms with Crippen LogP contribution < -0.4 is 4.90 Å². The van der Waals surface area contributed by atoms with E-state index in [1.54, 1.807) is 0 Å². The van der Waals surface area contributed by atoms with Crippen molar-refractivity contribution in [3.8, 4) is 33.4 Å². The summed E-state index contributed by atoms with van der Waals surface area (Å²) in [5.41, 5.74) is 19.0. The largest absolute Gasteiger partial charge is 0.310 e. The van der Waals surface area contributed by atoms with Crippen LogP contribution in [0.1, 0.15) is 74.9 Å². The van der Waals surface area contributed by atoms with Gasteiger partial charge < -0.3 is 4.90 Å². The van der Waals surface area contributed by atoms with Crippen molar-refractivity contribution < 1.29 is 0 Å². The summed E-state index contributed by atoms with van der Waals surface area (Å²) >= 11 is 0. The first kappa shape index (κ1) is 32.0. The molecule has 1 aliphatic heterocycles. The molecule has 7 aromatic carbocycles. The molecule has 1 heteroatoms. The first-order valence-corrected chi connectivity index (χ1v) is 19.1. The minimum Gasteiger partial charge on any atom is -0.310 e. The standard InChI is InChI=1S/C52H45N/c1-49(2)43-32-46-48(33-44(43)50(3,4)51(49,5)6)53(38-28-25-36(26-29-38)34-17-9-7-10-18-34)47-30-27-37(35-19-11-8-12-20-35)31-45(47)52(46)41-23-15-13-21-39(41)40-22-14-16-24-42(40)52/h7-33H,1-6H3. The van der Waals surface area contributed by atoms with Gasteiger partial charge >= 0.3 is 0 Å². The monoisotopic (exact) mass is 683 g/mol. The zero-order valence-electron chi connectivity index (χ0n) is 31.5. The highest BCUT2D eigenvalue weighted by Gasteiger charge is 2.59. The minimum atomic E-state index is -0.509. The third kappa shape index (κ3) is 4.09. The van der Waals surface area contributed by atoms with E-state index in [0.717, 1.165) is 0 Å². The molecule has 1 spiro atoms. The van der Waals surface area contributed by atoms with Gasteiger partial charge in [-0.15, -0.1) is 0 Å². The number of hydrogen-bond donors (Lipinski definition) is 0. The van der Waals surface area contributed by atoms with E-state index in [1.807, 2.05) is 0 Å². The lowest BCUT2D eigenvalue weighted by molar-refractivity contribution is 0.125. The van der Waals surface area contributed by atoms with Crippen LogP contribution in [0.15, 0.2) is 164 Å². The normalized spacial score (nSPS) is 17.4. The fourth-order valence-corrected chi connectivity index (χ4v) is 10.2. The molecule has 0 aromatic heterocycles. The lowest BCUT2D eigenvalue weighted by atomic mass is 9.59. The van der Waals surface area contributed by atoms with Crippen LogP contribution in [0.25, 0.3) is 33.4 Å². The second kappa shape index (κ2) is 10.9. The van der Waals surface area contributed by atoms with Gasteiger partial charge in [0.1, 0.15) is 0 Å². The number of anilines is 3. The van der Waals surface area contributed by atoms with Crippen molar-refractivity contribution >= 4 is 17.1 Å². The van der Waals surface area contributed by atoms with Gasteiger partial charge in [-0.3, -0.25) is 0 Å². The molecule has 1 nitrogen and oxygen atoms in total. The summed E-state index contributed by atoms with van der Waals surface area (Å²) in [5.74, 6) is 0. The van der Waals surface area contributed by atoms with Crippen LogP contribution in [0.4, 0.5) is 17.1 Å². The Morgan fingerprint density at radius 2 is 0.792 bits per heavy atom. The van der Waals surface area contributed by atoms with Gasteiger partial charge in [0.05, 0.1) is 16.8 Å². The van der Waals surface area contributed by atoms with Gasteiger partial charge in [-0.05, 0) is 113 Å².